The first-order chi connectivity index (χ1) is 8.63. The normalized spacial score (nSPS) is 12.4. The Morgan fingerprint density at radius 1 is 1.22 bits per heavy atom. The number of benzene rings is 1. The predicted molar refractivity (Wildman–Crippen MR) is 71.6 cm³/mol. The summed E-state index contributed by atoms with van der Waals surface area (Å²) < 4.78 is 13.3. The maximum absolute atomic E-state index is 13.3. The highest BCUT2D eigenvalue weighted by Gasteiger charge is 2.19. The molecule has 0 fully saturated rings. The number of aromatic nitrogens is 1. The lowest BCUT2D eigenvalue weighted by atomic mass is 10.0. The van der Waals surface area contributed by atoms with E-state index in [0.717, 1.165) is 0 Å². The molecule has 2 aromatic rings. The van der Waals surface area contributed by atoms with Crippen molar-refractivity contribution < 1.29 is 4.39 Å². The number of hydrogen-bond acceptors (Lipinski definition) is 2. The predicted octanol–water partition coefficient (Wildman–Crippen LogP) is 3.84. The van der Waals surface area contributed by atoms with Gasteiger partial charge in [0, 0.05) is 11.2 Å². The van der Waals surface area contributed by atoms with Crippen LogP contribution in [0.5, 0.6) is 0 Å². The maximum Gasteiger partial charge on any atom is 0.123 e. The highest BCUT2D eigenvalue weighted by atomic mass is 35.5. The zero-order valence-corrected chi connectivity index (χ0v) is 11.1. The van der Waals surface area contributed by atoms with Crippen molar-refractivity contribution in [2.24, 2.45) is 0 Å². The first kappa shape index (κ1) is 13.3. The lowest BCUT2D eigenvalue weighted by Gasteiger charge is -2.18. The summed E-state index contributed by atoms with van der Waals surface area (Å²) in [6.45, 7) is 0. The maximum atomic E-state index is 13.3. The fourth-order valence-electron chi connectivity index (χ4n) is 1.79. The zero-order valence-electron chi connectivity index (χ0n) is 9.62. The average Bonchev–Trinajstić information content (AvgIpc) is 2.36. The summed E-state index contributed by atoms with van der Waals surface area (Å²) in [7, 11) is 1.75. The van der Waals surface area contributed by atoms with Gasteiger partial charge in [0.05, 0.1) is 16.8 Å². The van der Waals surface area contributed by atoms with Crippen LogP contribution in [0, 0.1) is 5.82 Å². The van der Waals surface area contributed by atoms with Crippen molar-refractivity contribution in [1.82, 2.24) is 10.3 Å². The van der Waals surface area contributed by atoms with Gasteiger partial charge < -0.3 is 5.32 Å². The van der Waals surface area contributed by atoms with E-state index in [4.69, 9.17) is 23.2 Å². The number of rotatable bonds is 3. The molecule has 0 spiro atoms. The van der Waals surface area contributed by atoms with Crippen LogP contribution in [0.1, 0.15) is 17.3 Å². The number of nitrogens with one attached hydrogen (secondary N) is 1. The monoisotopic (exact) mass is 284 g/mol. The van der Waals surface area contributed by atoms with E-state index in [1.54, 1.807) is 25.4 Å². The summed E-state index contributed by atoms with van der Waals surface area (Å²) in [5.74, 6) is -0.346. The van der Waals surface area contributed by atoms with Crippen LogP contribution in [-0.4, -0.2) is 12.0 Å². The van der Waals surface area contributed by atoms with Crippen LogP contribution in [0.3, 0.4) is 0 Å². The van der Waals surface area contributed by atoms with Crippen LogP contribution in [0.15, 0.2) is 36.5 Å². The van der Waals surface area contributed by atoms with Crippen molar-refractivity contribution in [1.29, 1.82) is 0 Å². The molecule has 0 aliphatic heterocycles. The molecule has 1 N–H and O–H groups in total. The summed E-state index contributed by atoms with van der Waals surface area (Å²) in [6, 6.07) is 7.36. The third-order valence-corrected chi connectivity index (χ3v) is 3.28. The van der Waals surface area contributed by atoms with E-state index in [0.29, 0.717) is 21.3 Å². The molecule has 18 heavy (non-hydrogen) atoms. The van der Waals surface area contributed by atoms with Crippen molar-refractivity contribution >= 4 is 23.2 Å². The summed E-state index contributed by atoms with van der Waals surface area (Å²) >= 11 is 12.2. The van der Waals surface area contributed by atoms with Crippen molar-refractivity contribution in [2.45, 2.75) is 6.04 Å². The molecule has 2 nitrogen and oxygen atoms in total. The molecule has 0 aliphatic carbocycles. The molecule has 0 saturated heterocycles. The zero-order chi connectivity index (χ0) is 13.1. The van der Waals surface area contributed by atoms with E-state index in [1.807, 2.05) is 0 Å². The van der Waals surface area contributed by atoms with Crippen molar-refractivity contribution in [3.63, 3.8) is 0 Å². The van der Waals surface area contributed by atoms with Gasteiger partial charge >= 0.3 is 0 Å². The van der Waals surface area contributed by atoms with E-state index >= 15 is 0 Å². The summed E-state index contributed by atoms with van der Waals surface area (Å²) in [5, 5.41) is 4.03. The molecule has 1 heterocycles. The van der Waals surface area contributed by atoms with E-state index in [1.165, 1.54) is 18.2 Å². The van der Waals surface area contributed by atoms with Gasteiger partial charge in [0.1, 0.15) is 5.82 Å². The summed E-state index contributed by atoms with van der Waals surface area (Å²) in [4.78, 5) is 4.22. The summed E-state index contributed by atoms with van der Waals surface area (Å²) in [6.07, 6.45) is 1.64. The van der Waals surface area contributed by atoms with Crippen LogP contribution in [0.4, 0.5) is 4.39 Å². The number of nitrogens with zero attached hydrogens (tertiary/aromatic N) is 1. The van der Waals surface area contributed by atoms with Crippen molar-refractivity contribution in [3.05, 3.63) is 63.6 Å². The second-order valence-electron chi connectivity index (χ2n) is 3.76. The molecule has 1 atom stereocenters. The number of hydrogen-bond donors (Lipinski definition) is 1. The molecule has 0 amide bonds. The van der Waals surface area contributed by atoms with E-state index in [2.05, 4.69) is 10.3 Å². The molecular formula is C13H11Cl2FN2. The minimum atomic E-state index is -0.346. The molecule has 0 aliphatic rings. The molecule has 1 unspecified atom stereocenters. The van der Waals surface area contributed by atoms with Gasteiger partial charge in [-0.3, -0.25) is 4.98 Å². The molecule has 2 rings (SSSR count). The van der Waals surface area contributed by atoms with Crippen LogP contribution >= 0.6 is 23.2 Å². The molecule has 0 saturated carbocycles. The average molecular weight is 285 g/mol. The molecule has 1 aromatic heterocycles. The van der Waals surface area contributed by atoms with E-state index in [-0.39, 0.29) is 11.9 Å². The van der Waals surface area contributed by atoms with Gasteiger partial charge in [0.15, 0.2) is 0 Å². The van der Waals surface area contributed by atoms with Gasteiger partial charge in [-0.05, 0) is 42.9 Å². The molecule has 0 radical (unpaired) electrons. The highest BCUT2D eigenvalue weighted by molar-refractivity contribution is 6.32. The Kier molecular flexibility index (Phi) is 4.17. The Hall–Kier alpha value is -1.16. The lowest BCUT2D eigenvalue weighted by molar-refractivity contribution is 0.614. The first-order valence-corrected chi connectivity index (χ1v) is 6.11. The van der Waals surface area contributed by atoms with Crippen LogP contribution < -0.4 is 5.32 Å². The smallest absolute Gasteiger partial charge is 0.123 e. The van der Waals surface area contributed by atoms with E-state index in [9.17, 15) is 4.39 Å². The fraction of sp³-hybridized carbons (Fsp3) is 0.154. The Morgan fingerprint density at radius 3 is 2.67 bits per heavy atom. The fourth-order valence-corrected chi connectivity index (χ4v) is 2.24. The lowest BCUT2D eigenvalue weighted by Crippen LogP contribution is -2.19. The van der Waals surface area contributed by atoms with Gasteiger partial charge in [-0.1, -0.05) is 23.2 Å². The third kappa shape index (κ3) is 2.64. The Labute approximate surface area is 115 Å². The van der Waals surface area contributed by atoms with Crippen LogP contribution in [0.2, 0.25) is 10.0 Å². The minimum Gasteiger partial charge on any atom is -0.308 e. The molecule has 1 aromatic carbocycles. The van der Waals surface area contributed by atoms with Gasteiger partial charge in [0.2, 0.25) is 0 Å². The molecule has 5 heteroatoms. The SMILES string of the molecule is CNC(c1cc(F)ccc1Cl)c1ncccc1Cl. The Bertz CT molecular complexity index is 560. The summed E-state index contributed by atoms with van der Waals surface area (Å²) in [5.41, 5.74) is 1.23. The number of halogens is 3. The van der Waals surface area contributed by atoms with Gasteiger partial charge in [-0.2, -0.15) is 0 Å². The third-order valence-electron chi connectivity index (χ3n) is 2.62. The molecular weight excluding hydrogens is 274 g/mol. The van der Waals surface area contributed by atoms with Crippen LogP contribution in [-0.2, 0) is 0 Å². The standard InChI is InChI=1S/C13H11Cl2FN2/c1-17-12(13-11(15)3-2-6-18-13)9-7-8(16)4-5-10(9)14/h2-7,12,17H,1H3. The minimum absolute atomic E-state index is 0.345. The quantitative estimate of drug-likeness (QED) is 0.926. The molecule has 0 bridgehead atoms. The van der Waals surface area contributed by atoms with Gasteiger partial charge in [0.25, 0.3) is 0 Å². The Balaban J connectivity index is 2.52. The number of pyridine rings is 1. The topological polar surface area (TPSA) is 24.9 Å². The Morgan fingerprint density at radius 2 is 2.00 bits per heavy atom. The highest BCUT2D eigenvalue weighted by Crippen LogP contribution is 2.31. The van der Waals surface area contributed by atoms with Gasteiger partial charge in [-0.15, -0.1) is 0 Å². The van der Waals surface area contributed by atoms with E-state index < -0.39 is 0 Å². The van der Waals surface area contributed by atoms with Gasteiger partial charge in [-0.25, -0.2) is 4.39 Å². The second kappa shape index (κ2) is 5.65. The first-order valence-electron chi connectivity index (χ1n) is 5.36. The largest absolute Gasteiger partial charge is 0.308 e. The van der Waals surface area contributed by atoms with Crippen LogP contribution in [0.25, 0.3) is 0 Å². The molecule has 94 valence electrons. The van der Waals surface area contributed by atoms with Crippen molar-refractivity contribution in [2.75, 3.05) is 7.05 Å². The second-order valence-corrected chi connectivity index (χ2v) is 4.57. The van der Waals surface area contributed by atoms with Crippen molar-refractivity contribution in [3.8, 4) is 0 Å².